The van der Waals surface area contributed by atoms with Gasteiger partial charge in [-0.2, -0.15) is 0 Å². The summed E-state index contributed by atoms with van der Waals surface area (Å²) in [5, 5.41) is 3.15. The minimum atomic E-state index is -0.296. The average Bonchev–Trinajstić information content (AvgIpc) is 3.34. The number of rotatable bonds is 8. The third-order valence-electron chi connectivity index (χ3n) is 6.40. The molecule has 2 amide bonds. The maximum absolute atomic E-state index is 13.8. The van der Waals surface area contributed by atoms with Crippen molar-refractivity contribution in [2.45, 2.75) is 43.7 Å². The number of fused-ring (bicyclic) bond motifs is 1. The Kier molecular flexibility index (Phi) is 8.82. The highest BCUT2D eigenvalue weighted by Gasteiger charge is 2.35. The van der Waals surface area contributed by atoms with Crippen LogP contribution in [0.15, 0.2) is 64.9 Å². The number of hydrogen-bond acceptors (Lipinski definition) is 4. The van der Waals surface area contributed by atoms with Crippen molar-refractivity contribution in [3.05, 3.63) is 86.0 Å². The molecule has 8 heteroatoms. The molecule has 0 aliphatic carbocycles. The summed E-state index contributed by atoms with van der Waals surface area (Å²) < 4.78 is 0. The van der Waals surface area contributed by atoms with E-state index >= 15 is 0 Å². The van der Waals surface area contributed by atoms with Crippen molar-refractivity contribution in [3.8, 4) is 0 Å². The monoisotopic (exact) mass is 546 g/mol. The zero-order valence-electron chi connectivity index (χ0n) is 19.7. The summed E-state index contributed by atoms with van der Waals surface area (Å²) in [4.78, 5) is 32.9. The van der Waals surface area contributed by atoms with Gasteiger partial charge < -0.3 is 9.80 Å². The number of nitrogens with zero attached hydrogens (tertiary/aromatic N) is 2. The van der Waals surface area contributed by atoms with E-state index in [4.69, 9.17) is 23.2 Å². The van der Waals surface area contributed by atoms with Crippen LogP contribution in [0.1, 0.15) is 42.3 Å². The average molecular weight is 548 g/mol. The maximum atomic E-state index is 13.8. The fraction of sp³-hybridized carbons (Fsp3) is 0.333. The van der Waals surface area contributed by atoms with Crippen LogP contribution in [0.25, 0.3) is 0 Å². The Morgan fingerprint density at radius 1 is 1.14 bits per heavy atom. The molecule has 0 radical (unpaired) electrons. The quantitative estimate of drug-likeness (QED) is 0.287. The molecule has 2 heterocycles. The van der Waals surface area contributed by atoms with E-state index in [1.54, 1.807) is 22.3 Å². The van der Waals surface area contributed by atoms with Crippen LogP contribution in [0.5, 0.6) is 0 Å². The second kappa shape index (κ2) is 11.8. The molecule has 184 valence electrons. The van der Waals surface area contributed by atoms with Gasteiger partial charge >= 0.3 is 0 Å². The Labute approximate surface area is 225 Å². The predicted octanol–water partition coefficient (Wildman–Crippen LogP) is 6.95. The van der Waals surface area contributed by atoms with Crippen molar-refractivity contribution in [1.82, 2.24) is 9.80 Å². The van der Waals surface area contributed by atoms with E-state index in [2.05, 4.69) is 11.4 Å². The number of hydrogen-bond donors (Lipinski definition) is 0. The first-order valence-corrected chi connectivity index (χ1v) is 14.3. The fourth-order valence-corrected chi connectivity index (χ4v) is 6.56. The van der Waals surface area contributed by atoms with E-state index in [1.165, 1.54) is 16.6 Å². The van der Waals surface area contributed by atoms with Gasteiger partial charge in [-0.3, -0.25) is 9.59 Å². The second-order valence-electron chi connectivity index (χ2n) is 8.59. The molecule has 2 atom stereocenters. The van der Waals surface area contributed by atoms with Crippen LogP contribution in [0.2, 0.25) is 10.0 Å². The lowest BCUT2D eigenvalue weighted by atomic mass is 9.93. The molecule has 35 heavy (non-hydrogen) atoms. The molecule has 0 bridgehead atoms. The molecule has 4 nitrogen and oxygen atoms in total. The number of carbonyl (C=O) groups is 2. The molecule has 0 saturated heterocycles. The third kappa shape index (κ3) is 6.05. The highest BCUT2D eigenvalue weighted by molar-refractivity contribution is 8.00. The summed E-state index contributed by atoms with van der Waals surface area (Å²) in [7, 11) is 0. The summed E-state index contributed by atoms with van der Waals surface area (Å²) in [5.74, 6) is 0.190. The molecule has 4 rings (SSSR count). The van der Waals surface area contributed by atoms with Gasteiger partial charge in [0.05, 0.1) is 11.8 Å². The van der Waals surface area contributed by atoms with Crippen LogP contribution >= 0.6 is 46.3 Å². The molecule has 2 unspecified atom stereocenters. The molecule has 2 aromatic carbocycles. The summed E-state index contributed by atoms with van der Waals surface area (Å²) in [6, 6.07) is 17.0. The first kappa shape index (κ1) is 26.1. The Hall–Kier alpha value is -1.99. The van der Waals surface area contributed by atoms with Gasteiger partial charge in [0.15, 0.2) is 0 Å². The van der Waals surface area contributed by atoms with Gasteiger partial charge in [-0.1, -0.05) is 54.4 Å². The minimum Gasteiger partial charge on any atom is -0.330 e. The molecule has 0 fully saturated rings. The maximum Gasteiger partial charge on any atom is 0.243 e. The lowest BCUT2D eigenvalue weighted by Gasteiger charge is -2.38. The van der Waals surface area contributed by atoms with Crippen LogP contribution < -0.4 is 0 Å². The first-order chi connectivity index (χ1) is 16.9. The van der Waals surface area contributed by atoms with Crippen LogP contribution in [-0.2, 0) is 16.0 Å². The van der Waals surface area contributed by atoms with E-state index in [0.29, 0.717) is 22.3 Å². The first-order valence-electron chi connectivity index (χ1n) is 11.7. The highest BCUT2D eigenvalue weighted by atomic mass is 35.5. The van der Waals surface area contributed by atoms with Crippen molar-refractivity contribution >= 4 is 58.1 Å². The lowest BCUT2D eigenvalue weighted by Crippen LogP contribution is -2.49. The summed E-state index contributed by atoms with van der Waals surface area (Å²) in [6.07, 6.45) is 1.57. The van der Waals surface area contributed by atoms with Crippen LogP contribution in [0, 0.1) is 0 Å². The smallest absolute Gasteiger partial charge is 0.243 e. The summed E-state index contributed by atoms with van der Waals surface area (Å²) >= 11 is 16.0. The second-order valence-corrected chi connectivity index (χ2v) is 11.5. The Morgan fingerprint density at radius 3 is 2.63 bits per heavy atom. The standard InChI is InChI=1S/C27H28Cl2N2O2S2/c1-3-18(2)31(26(33)17-35-20-7-5-4-6-8-20)16-25(32)30-13-11-24-22(12-14-34-24)27(30)21-10-9-19(28)15-23(21)29/h4-10,12,14-15,18,27H,3,11,13,16-17H2,1-2H3. The summed E-state index contributed by atoms with van der Waals surface area (Å²) in [6.45, 7) is 4.66. The molecule has 1 aromatic heterocycles. The Morgan fingerprint density at radius 2 is 1.91 bits per heavy atom. The van der Waals surface area contributed by atoms with E-state index in [9.17, 15) is 9.59 Å². The van der Waals surface area contributed by atoms with Crippen molar-refractivity contribution in [3.63, 3.8) is 0 Å². The van der Waals surface area contributed by atoms with Crippen molar-refractivity contribution in [1.29, 1.82) is 0 Å². The van der Waals surface area contributed by atoms with Crippen molar-refractivity contribution < 1.29 is 9.59 Å². The number of halogens is 2. The fourth-order valence-electron chi connectivity index (χ4n) is 4.34. The van der Waals surface area contributed by atoms with Crippen LogP contribution in [0.4, 0.5) is 0 Å². The molecular formula is C27H28Cl2N2O2S2. The number of amides is 2. The van der Waals surface area contributed by atoms with Gasteiger partial charge in [0, 0.05) is 32.4 Å². The number of thioether (sulfide) groups is 1. The van der Waals surface area contributed by atoms with E-state index < -0.39 is 0 Å². The normalized spacial score (nSPS) is 16.0. The Balaban J connectivity index is 1.56. The van der Waals surface area contributed by atoms with Gasteiger partial charge in [0.1, 0.15) is 6.54 Å². The number of carbonyl (C=O) groups excluding carboxylic acids is 2. The van der Waals surface area contributed by atoms with Gasteiger partial charge in [-0.25, -0.2) is 0 Å². The zero-order valence-corrected chi connectivity index (χ0v) is 22.9. The molecule has 1 aliphatic heterocycles. The Bertz CT molecular complexity index is 1180. The highest BCUT2D eigenvalue weighted by Crippen LogP contribution is 2.41. The van der Waals surface area contributed by atoms with Gasteiger partial charge in [0.25, 0.3) is 0 Å². The zero-order chi connectivity index (χ0) is 24.9. The molecule has 1 aliphatic rings. The van der Waals surface area contributed by atoms with Gasteiger partial charge in [0.2, 0.25) is 11.8 Å². The molecule has 3 aromatic rings. The largest absolute Gasteiger partial charge is 0.330 e. The van der Waals surface area contributed by atoms with E-state index in [-0.39, 0.29) is 30.4 Å². The van der Waals surface area contributed by atoms with E-state index in [0.717, 1.165) is 28.9 Å². The van der Waals surface area contributed by atoms with E-state index in [1.807, 2.05) is 61.2 Å². The lowest BCUT2D eigenvalue weighted by molar-refractivity contribution is -0.142. The van der Waals surface area contributed by atoms with Gasteiger partial charge in [-0.15, -0.1) is 23.1 Å². The minimum absolute atomic E-state index is 0.0316. The van der Waals surface area contributed by atoms with Crippen LogP contribution in [0.3, 0.4) is 0 Å². The molecular weight excluding hydrogens is 519 g/mol. The molecule has 0 spiro atoms. The molecule has 0 N–H and O–H groups in total. The number of thiophene rings is 1. The van der Waals surface area contributed by atoms with Crippen molar-refractivity contribution in [2.75, 3.05) is 18.8 Å². The predicted molar refractivity (Wildman–Crippen MR) is 147 cm³/mol. The molecule has 0 saturated carbocycles. The SMILES string of the molecule is CCC(C)N(CC(=O)N1CCc2sccc2C1c1ccc(Cl)cc1Cl)C(=O)CSc1ccccc1. The van der Waals surface area contributed by atoms with Gasteiger partial charge in [-0.05, 0) is 66.6 Å². The number of benzene rings is 2. The topological polar surface area (TPSA) is 40.6 Å². The summed E-state index contributed by atoms with van der Waals surface area (Å²) in [5.41, 5.74) is 1.95. The third-order valence-corrected chi connectivity index (χ3v) is 8.95. The van der Waals surface area contributed by atoms with Crippen molar-refractivity contribution in [2.24, 2.45) is 0 Å². The van der Waals surface area contributed by atoms with Crippen LogP contribution in [-0.4, -0.2) is 46.5 Å².